The Morgan fingerprint density at radius 2 is 2.26 bits per heavy atom. The van der Waals surface area contributed by atoms with Crippen LogP contribution in [0.1, 0.15) is 36.6 Å². The summed E-state index contributed by atoms with van der Waals surface area (Å²) in [5.41, 5.74) is 0. The molecule has 1 aromatic carbocycles. The van der Waals surface area contributed by atoms with Crippen LogP contribution in [-0.2, 0) is 11.3 Å². The highest BCUT2D eigenvalue weighted by Crippen LogP contribution is 2.30. The van der Waals surface area contributed by atoms with E-state index in [0.29, 0.717) is 29.0 Å². The van der Waals surface area contributed by atoms with Crippen molar-refractivity contribution in [2.45, 2.75) is 32.4 Å². The molecule has 0 spiro atoms. The Morgan fingerprint density at radius 1 is 1.41 bits per heavy atom. The molecule has 2 aromatic heterocycles. The lowest BCUT2D eigenvalue weighted by Gasteiger charge is -2.10. The van der Waals surface area contributed by atoms with E-state index in [9.17, 15) is 4.79 Å². The summed E-state index contributed by atoms with van der Waals surface area (Å²) in [4.78, 5) is 18.1. The van der Waals surface area contributed by atoms with Gasteiger partial charge in [0.25, 0.3) is 5.89 Å². The van der Waals surface area contributed by atoms with E-state index in [-0.39, 0.29) is 11.8 Å². The summed E-state index contributed by atoms with van der Waals surface area (Å²) >= 11 is 7.50. The highest BCUT2D eigenvalue weighted by Gasteiger charge is 2.29. The number of thiophene rings is 1. The lowest BCUT2D eigenvalue weighted by molar-refractivity contribution is -0.122. The second kappa shape index (κ2) is 7.70. The molecule has 0 radical (unpaired) electrons. The summed E-state index contributed by atoms with van der Waals surface area (Å²) in [5.74, 6) is 1.89. The largest absolute Gasteiger partial charge is 0.481 e. The molecule has 0 saturated heterocycles. The molecule has 6 nitrogen and oxygen atoms in total. The van der Waals surface area contributed by atoms with Gasteiger partial charge in [0.05, 0.1) is 11.4 Å². The number of carbonyl (C=O) groups is 1. The maximum absolute atomic E-state index is 11.7. The quantitative estimate of drug-likeness (QED) is 0.622. The molecule has 1 aliphatic rings. The number of carbonyl (C=O) groups excluding carboxylic acids is 1. The van der Waals surface area contributed by atoms with E-state index < -0.39 is 6.10 Å². The van der Waals surface area contributed by atoms with Crippen molar-refractivity contribution in [3.8, 4) is 16.5 Å². The highest BCUT2D eigenvalue weighted by molar-refractivity contribution is 7.15. The predicted octanol–water partition coefficient (Wildman–Crippen LogP) is 4.62. The van der Waals surface area contributed by atoms with Crippen molar-refractivity contribution in [2.24, 2.45) is 5.92 Å². The first-order valence-electron chi connectivity index (χ1n) is 8.71. The lowest BCUT2D eigenvalue weighted by atomic mass is 10.3. The fraction of sp³-hybridized carbons (Fsp3) is 0.316. The number of ether oxygens (including phenoxy) is 1. The van der Waals surface area contributed by atoms with E-state index in [1.807, 2.05) is 31.2 Å². The zero-order valence-electron chi connectivity index (χ0n) is 14.6. The second-order valence-electron chi connectivity index (χ2n) is 6.43. The van der Waals surface area contributed by atoms with Crippen LogP contribution < -0.4 is 10.1 Å². The van der Waals surface area contributed by atoms with Gasteiger partial charge in [0.15, 0.2) is 6.10 Å². The SMILES string of the molecule is CC(Oc1cccc(Cl)c1)c1nc(-c2ccc(CNC(=O)C3CC3)s2)no1. The molecule has 140 valence electrons. The first-order valence-corrected chi connectivity index (χ1v) is 9.90. The number of halogens is 1. The van der Waals surface area contributed by atoms with E-state index in [1.54, 1.807) is 12.1 Å². The molecule has 1 atom stereocenters. The molecule has 1 saturated carbocycles. The van der Waals surface area contributed by atoms with Gasteiger partial charge < -0.3 is 14.6 Å². The maximum Gasteiger partial charge on any atom is 0.267 e. The zero-order valence-corrected chi connectivity index (χ0v) is 16.2. The number of nitrogens with one attached hydrogen (secondary N) is 1. The molecule has 1 amide bonds. The van der Waals surface area contributed by atoms with Crippen LogP contribution in [0.4, 0.5) is 0 Å². The van der Waals surface area contributed by atoms with Gasteiger partial charge in [-0.25, -0.2) is 0 Å². The monoisotopic (exact) mass is 403 g/mol. The molecule has 0 bridgehead atoms. The van der Waals surface area contributed by atoms with E-state index in [4.69, 9.17) is 20.9 Å². The van der Waals surface area contributed by atoms with Gasteiger partial charge >= 0.3 is 0 Å². The number of aromatic nitrogens is 2. The van der Waals surface area contributed by atoms with Crippen LogP contribution >= 0.6 is 22.9 Å². The summed E-state index contributed by atoms with van der Waals surface area (Å²) in [5, 5.41) is 7.60. The third kappa shape index (κ3) is 4.48. The number of rotatable bonds is 7. The van der Waals surface area contributed by atoms with Crippen molar-refractivity contribution in [1.82, 2.24) is 15.5 Å². The van der Waals surface area contributed by atoms with Gasteiger partial charge in [0.1, 0.15) is 5.75 Å². The minimum absolute atomic E-state index is 0.138. The van der Waals surface area contributed by atoms with Crippen LogP contribution in [0.2, 0.25) is 5.02 Å². The van der Waals surface area contributed by atoms with Crippen LogP contribution in [0.3, 0.4) is 0 Å². The van der Waals surface area contributed by atoms with Crippen molar-refractivity contribution in [2.75, 3.05) is 0 Å². The molecule has 8 heteroatoms. The Bertz CT molecular complexity index is 951. The molecule has 1 fully saturated rings. The molecule has 0 aliphatic heterocycles. The molecule has 1 aliphatic carbocycles. The molecule has 4 rings (SSSR count). The van der Waals surface area contributed by atoms with E-state index in [1.165, 1.54) is 11.3 Å². The summed E-state index contributed by atoms with van der Waals surface area (Å²) in [7, 11) is 0. The number of nitrogens with zero attached hydrogens (tertiary/aromatic N) is 2. The summed E-state index contributed by atoms with van der Waals surface area (Å²) in [6, 6.07) is 11.1. The predicted molar refractivity (Wildman–Crippen MR) is 103 cm³/mol. The molecule has 1 unspecified atom stereocenters. The van der Waals surface area contributed by atoms with Crippen LogP contribution in [-0.4, -0.2) is 16.0 Å². The molecule has 27 heavy (non-hydrogen) atoms. The van der Waals surface area contributed by atoms with E-state index in [0.717, 1.165) is 22.6 Å². The second-order valence-corrected chi connectivity index (χ2v) is 8.04. The fourth-order valence-corrected chi connectivity index (χ4v) is 3.61. The van der Waals surface area contributed by atoms with Gasteiger partial charge in [0, 0.05) is 15.8 Å². The zero-order chi connectivity index (χ0) is 18.8. The Labute approximate surface area is 165 Å². The van der Waals surface area contributed by atoms with Gasteiger partial charge in [-0.1, -0.05) is 22.8 Å². The fourth-order valence-electron chi connectivity index (χ4n) is 2.55. The maximum atomic E-state index is 11.7. The van der Waals surface area contributed by atoms with Crippen LogP contribution in [0.25, 0.3) is 10.7 Å². The molecule has 3 aromatic rings. The Morgan fingerprint density at radius 3 is 3.04 bits per heavy atom. The molecular formula is C19H18ClN3O3S. The van der Waals surface area contributed by atoms with Gasteiger partial charge in [-0.15, -0.1) is 11.3 Å². The van der Waals surface area contributed by atoms with Crippen LogP contribution in [0, 0.1) is 5.92 Å². The van der Waals surface area contributed by atoms with Crippen LogP contribution in [0.15, 0.2) is 40.9 Å². The average molecular weight is 404 g/mol. The van der Waals surface area contributed by atoms with Crippen molar-refractivity contribution in [1.29, 1.82) is 0 Å². The van der Waals surface area contributed by atoms with Gasteiger partial charge in [-0.05, 0) is 50.1 Å². The average Bonchev–Trinajstić information content (AvgIpc) is 3.19. The minimum Gasteiger partial charge on any atom is -0.481 e. The van der Waals surface area contributed by atoms with E-state index >= 15 is 0 Å². The van der Waals surface area contributed by atoms with E-state index in [2.05, 4.69) is 15.5 Å². The summed E-state index contributed by atoms with van der Waals surface area (Å²) in [6.07, 6.45) is 1.60. The first-order chi connectivity index (χ1) is 13.1. The standard InChI is InChI=1S/C19H18ClN3O3S/c1-11(25-14-4-2-3-13(20)9-14)19-22-17(23-26-19)16-8-7-15(27-16)10-21-18(24)12-5-6-12/h2-4,7-9,11-12H,5-6,10H2,1H3,(H,21,24). The Hall–Kier alpha value is -2.38. The van der Waals surface area contributed by atoms with Crippen molar-refractivity contribution >= 4 is 28.8 Å². The van der Waals surface area contributed by atoms with Crippen molar-refractivity contribution in [3.63, 3.8) is 0 Å². The number of amides is 1. The van der Waals surface area contributed by atoms with Crippen molar-refractivity contribution in [3.05, 3.63) is 52.2 Å². The van der Waals surface area contributed by atoms with Crippen LogP contribution in [0.5, 0.6) is 5.75 Å². The third-order valence-electron chi connectivity index (χ3n) is 4.17. The van der Waals surface area contributed by atoms with Gasteiger partial charge in [-0.2, -0.15) is 4.98 Å². The third-order valence-corrected chi connectivity index (χ3v) is 5.48. The number of hydrogen-bond acceptors (Lipinski definition) is 6. The lowest BCUT2D eigenvalue weighted by Crippen LogP contribution is -2.23. The smallest absolute Gasteiger partial charge is 0.267 e. The number of benzene rings is 1. The van der Waals surface area contributed by atoms with Gasteiger partial charge in [0.2, 0.25) is 11.7 Å². The highest BCUT2D eigenvalue weighted by atomic mass is 35.5. The Balaban J connectivity index is 1.39. The summed E-state index contributed by atoms with van der Waals surface area (Å²) in [6.45, 7) is 2.37. The Kier molecular flexibility index (Phi) is 5.13. The minimum atomic E-state index is -0.401. The normalized spacial score (nSPS) is 14.7. The molecule has 2 heterocycles. The topological polar surface area (TPSA) is 77.2 Å². The first kappa shape index (κ1) is 18.0. The number of hydrogen-bond donors (Lipinski definition) is 1. The summed E-state index contributed by atoms with van der Waals surface area (Å²) < 4.78 is 11.2. The van der Waals surface area contributed by atoms with Gasteiger partial charge in [-0.3, -0.25) is 4.79 Å². The molecule has 1 N–H and O–H groups in total. The van der Waals surface area contributed by atoms with Crippen molar-refractivity contribution < 1.29 is 14.1 Å². The molecular weight excluding hydrogens is 386 g/mol.